The number of Topliss-reactive ketones (excluding diaryl/α,β-unsaturated/α-hetero) is 1. The second-order valence-electron chi connectivity index (χ2n) is 9.61. The Balaban J connectivity index is 1.43. The number of halogens is 4. The topological polar surface area (TPSA) is 79.6 Å². The van der Waals surface area contributed by atoms with Crippen molar-refractivity contribution in [3.05, 3.63) is 125 Å². The molecule has 0 heterocycles. The maximum atomic E-state index is 13.5. The van der Waals surface area contributed by atoms with Gasteiger partial charge in [0, 0.05) is 13.1 Å². The summed E-state index contributed by atoms with van der Waals surface area (Å²) in [6.07, 6.45) is -5.67. The molecular weight excluding hydrogens is 581 g/mol. The minimum Gasteiger partial charge on any atom is -0.483 e. The van der Waals surface area contributed by atoms with E-state index in [9.17, 15) is 28.0 Å². The first-order valence-electron chi connectivity index (χ1n) is 13.2. The van der Waals surface area contributed by atoms with E-state index in [0.29, 0.717) is 0 Å². The number of carbonyl (C=O) groups excluding carboxylic acids is 2. The number of carbonyl (C=O) groups is 2. The molecule has 1 amide bonds. The Hall–Kier alpha value is -4.81. The Morgan fingerprint density at radius 1 is 0.860 bits per heavy atom. The molecule has 2 unspecified atom stereocenters. The molecular formula is C33H26ClF3N2O4. The van der Waals surface area contributed by atoms with Gasteiger partial charge in [0.1, 0.15) is 17.2 Å². The summed E-state index contributed by atoms with van der Waals surface area (Å²) in [5, 5.41) is 9.65. The Labute approximate surface area is 251 Å². The monoisotopic (exact) mass is 606 g/mol. The third-order valence-electron chi connectivity index (χ3n) is 6.43. The quantitative estimate of drug-likeness (QED) is 0.162. The zero-order valence-electron chi connectivity index (χ0n) is 22.9. The highest BCUT2D eigenvalue weighted by atomic mass is 35.5. The van der Waals surface area contributed by atoms with Crippen LogP contribution in [0.4, 0.5) is 13.2 Å². The van der Waals surface area contributed by atoms with E-state index in [1.165, 1.54) is 36.1 Å². The van der Waals surface area contributed by atoms with Crippen molar-refractivity contribution in [1.82, 2.24) is 4.90 Å². The summed E-state index contributed by atoms with van der Waals surface area (Å²) in [6.45, 7) is 1.87. The summed E-state index contributed by atoms with van der Waals surface area (Å²) in [7, 11) is 0. The number of nitrogens with zero attached hydrogens (tertiary/aromatic N) is 2. The van der Waals surface area contributed by atoms with Crippen LogP contribution in [-0.2, 0) is 28.9 Å². The van der Waals surface area contributed by atoms with E-state index in [1.54, 1.807) is 0 Å². The van der Waals surface area contributed by atoms with Crippen LogP contribution < -0.4 is 9.47 Å². The molecule has 0 radical (unpaired) electrons. The smallest absolute Gasteiger partial charge is 0.416 e. The van der Waals surface area contributed by atoms with Crippen LogP contribution >= 0.6 is 11.6 Å². The number of nitriles is 1. The number of alkyl halides is 3. The second kappa shape index (κ2) is 13.9. The van der Waals surface area contributed by atoms with Crippen molar-refractivity contribution >= 4 is 23.3 Å². The Morgan fingerprint density at radius 2 is 1.40 bits per heavy atom. The van der Waals surface area contributed by atoms with Gasteiger partial charge in [0.05, 0.1) is 16.7 Å². The zero-order chi connectivity index (χ0) is 31.0. The molecule has 10 heteroatoms. The highest BCUT2D eigenvalue weighted by Crippen LogP contribution is 2.36. The van der Waals surface area contributed by atoms with E-state index in [0.717, 1.165) is 29.3 Å². The van der Waals surface area contributed by atoms with Crippen LogP contribution in [-0.4, -0.2) is 22.7 Å². The van der Waals surface area contributed by atoms with Crippen molar-refractivity contribution in [2.24, 2.45) is 5.92 Å². The predicted octanol–water partition coefficient (Wildman–Crippen LogP) is 7.86. The molecule has 220 valence electrons. The maximum Gasteiger partial charge on any atom is 0.416 e. The lowest BCUT2D eigenvalue weighted by atomic mass is 9.99. The average molecular weight is 607 g/mol. The fraction of sp³-hybridized carbons (Fsp3) is 0.182. The largest absolute Gasteiger partial charge is 0.483 e. The first-order chi connectivity index (χ1) is 20.5. The maximum absolute atomic E-state index is 13.5. The molecule has 0 spiro atoms. The molecule has 0 fully saturated rings. The Bertz CT molecular complexity index is 1550. The van der Waals surface area contributed by atoms with Crippen LogP contribution in [0.5, 0.6) is 17.2 Å². The molecule has 0 aliphatic rings. The lowest BCUT2D eigenvalue weighted by Gasteiger charge is -2.26. The average Bonchev–Trinajstić information content (AvgIpc) is 2.99. The first kappa shape index (κ1) is 31.1. The number of hydrogen-bond acceptors (Lipinski definition) is 5. The summed E-state index contributed by atoms with van der Waals surface area (Å²) in [6, 6.07) is 29.1. The number of ether oxygens (including phenoxy) is 2. The lowest BCUT2D eigenvalue weighted by Crippen LogP contribution is -2.42. The van der Waals surface area contributed by atoms with E-state index in [4.69, 9.17) is 21.1 Å². The van der Waals surface area contributed by atoms with Crippen molar-refractivity contribution in [2.75, 3.05) is 0 Å². The van der Waals surface area contributed by atoms with E-state index >= 15 is 0 Å². The number of ketones is 1. The Kier molecular flexibility index (Phi) is 10.1. The lowest BCUT2D eigenvalue weighted by molar-refractivity contribution is -0.142. The van der Waals surface area contributed by atoms with Gasteiger partial charge >= 0.3 is 6.18 Å². The molecule has 4 aromatic rings. The highest BCUT2D eigenvalue weighted by Gasteiger charge is 2.35. The summed E-state index contributed by atoms with van der Waals surface area (Å²) in [4.78, 5) is 28.3. The predicted molar refractivity (Wildman–Crippen MR) is 154 cm³/mol. The molecule has 0 saturated heterocycles. The van der Waals surface area contributed by atoms with Gasteiger partial charge in [-0.1, -0.05) is 72.3 Å². The van der Waals surface area contributed by atoms with Crippen LogP contribution in [0.1, 0.15) is 23.6 Å². The van der Waals surface area contributed by atoms with Gasteiger partial charge in [-0.3, -0.25) is 9.59 Å². The fourth-order valence-corrected chi connectivity index (χ4v) is 4.43. The zero-order valence-corrected chi connectivity index (χ0v) is 23.7. The van der Waals surface area contributed by atoms with E-state index in [-0.39, 0.29) is 35.4 Å². The van der Waals surface area contributed by atoms with Gasteiger partial charge in [-0.15, -0.1) is 0 Å². The molecule has 0 N–H and O–H groups in total. The van der Waals surface area contributed by atoms with Crippen molar-refractivity contribution < 1.29 is 32.2 Å². The van der Waals surface area contributed by atoms with Crippen LogP contribution in [0, 0.1) is 17.2 Å². The van der Waals surface area contributed by atoms with Gasteiger partial charge < -0.3 is 14.4 Å². The minimum atomic E-state index is -4.54. The van der Waals surface area contributed by atoms with Crippen LogP contribution in [0.3, 0.4) is 0 Å². The van der Waals surface area contributed by atoms with Gasteiger partial charge in [-0.25, -0.2) is 0 Å². The molecule has 4 rings (SSSR count). The fourth-order valence-electron chi connectivity index (χ4n) is 4.21. The SMILES string of the molecule is CC(Oc1ccc(Oc2ccc(C(F)(F)F)cc2Cl)cc1)C(=O)C(C#N)C(=O)N(Cc1ccccc1)Cc1ccccc1. The van der Waals surface area contributed by atoms with E-state index in [2.05, 4.69) is 0 Å². The highest BCUT2D eigenvalue weighted by molar-refractivity contribution is 6.32. The van der Waals surface area contributed by atoms with E-state index in [1.807, 2.05) is 66.7 Å². The van der Waals surface area contributed by atoms with Crippen LogP contribution in [0.25, 0.3) is 0 Å². The van der Waals surface area contributed by atoms with Gasteiger partial charge in [0.2, 0.25) is 5.91 Å². The number of rotatable bonds is 11. The van der Waals surface area contributed by atoms with Crippen molar-refractivity contribution in [1.29, 1.82) is 5.26 Å². The molecule has 4 aromatic carbocycles. The molecule has 43 heavy (non-hydrogen) atoms. The van der Waals surface area contributed by atoms with Gasteiger partial charge in [-0.05, 0) is 60.5 Å². The van der Waals surface area contributed by atoms with Crippen molar-refractivity contribution in [2.45, 2.75) is 32.3 Å². The van der Waals surface area contributed by atoms with Crippen LogP contribution in [0.15, 0.2) is 103 Å². The molecule has 0 aromatic heterocycles. The minimum absolute atomic E-state index is 0.0258. The second-order valence-corrected chi connectivity index (χ2v) is 10.0. The van der Waals surface area contributed by atoms with Crippen molar-refractivity contribution in [3.63, 3.8) is 0 Å². The third-order valence-corrected chi connectivity index (χ3v) is 6.72. The standard InChI is InChI=1S/C33H26ClF3N2O4/c1-22(42-26-13-15-27(16-14-26)43-30-17-12-25(18-29(30)34)33(35,36)37)31(40)28(19-38)32(41)39(20-23-8-4-2-5-9-23)21-24-10-6-3-7-11-24/h2-18,22,28H,20-21H2,1H3. The van der Waals surface area contributed by atoms with Crippen LogP contribution in [0.2, 0.25) is 5.02 Å². The van der Waals surface area contributed by atoms with Gasteiger partial charge in [0.25, 0.3) is 0 Å². The molecule has 2 atom stereocenters. The molecule has 0 bridgehead atoms. The summed E-state index contributed by atoms with van der Waals surface area (Å²) >= 11 is 5.96. The third kappa shape index (κ3) is 8.37. The molecule has 0 aliphatic heterocycles. The van der Waals surface area contributed by atoms with Gasteiger partial charge in [-0.2, -0.15) is 18.4 Å². The van der Waals surface area contributed by atoms with E-state index < -0.39 is 35.5 Å². The summed E-state index contributed by atoms with van der Waals surface area (Å²) < 4.78 is 50.0. The van der Waals surface area contributed by atoms with Gasteiger partial charge in [0.15, 0.2) is 17.8 Å². The molecule has 6 nitrogen and oxygen atoms in total. The summed E-state index contributed by atoms with van der Waals surface area (Å²) in [5.41, 5.74) is 0.796. The Morgan fingerprint density at radius 3 is 1.88 bits per heavy atom. The molecule has 0 aliphatic carbocycles. The van der Waals surface area contributed by atoms with Crippen molar-refractivity contribution in [3.8, 4) is 23.3 Å². The molecule has 0 saturated carbocycles. The number of benzene rings is 4. The normalized spacial score (nSPS) is 12.5. The first-order valence-corrected chi connectivity index (χ1v) is 13.5. The number of amides is 1. The summed E-state index contributed by atoms with van der Waals surface area (Å²) in [5.74, 6) is -2.38. The number of hydrogen-bond donors (Lipinski definition) is 0.